The Morgan fingerprint density at radius 2 is 1.91 bits per heavy atom. The predicted molar refractivity (Wildman–Crippen MR) is 84.1 cm³/mol. The maximum Gasteiger partial charge on any atom is 0.335 e. The molecule has 0 radical (unpaired) electrons. The smallest absolute Gasteiger partial charge is 0.335 e. The van der Waals surface area contributed by atoms with Crippen molar-refractivity contribution in [3.63, 3.8) is 0 Å². The van der Waals surface area contributed by atoms with Crippen LogP contribution in [-0.2, 0) is 4.79 Å². The van der Waals surface area contributed by atoms with Crippen molar-refractivity contribution >= 4 is 18.0 Å². The maximum absolute atomic E-state index is 11.9. The van der Waals surface area contributed by atoms with Crippen LogP contribution in [0.25, 0.3) is 6.08 Å². The molecule has 22 heavy (non-hydrogen) atoms. The van der Waals surface area contributed by atoms with Gasteiger partial charge in [0.1, 0.15) is 11.6 Å². The fraction of sp³-hybridized carbons (Fsp3) is 0.353. The molecule has 0 unspecified atom stereocenters. The minimum atomic E-state index is -1.01. The van der Waals surface area contributed by atoms with Gasteiger partial charge in [0.2, 0.25) is 0 Å². The highest BCUT2D eigenvalue weighted by Gasteiger charge is 2.08. The standard InChI is InChI=1S/C17H20N2O3/c1-2-3-4-5-10-19-16(20)15(12-18)11-13-6-8-14(9-7-13)17(21)22/h6-9,11H,2-5,10H2,1H3,(H,19,20)(H,21,22)/b15-11+. The maximum atomic E-state index is 11.9. The summed E-state index contributed by atoms with van der Waals surface area (Å²) in [6.07, 6.45) is 5.66. The SMILES string of the molecule is CCCCCCNC(=O)/C(C#N)=C/c1ccc(C(=O)O)cc1. The fourth-order valence-electron chi connectivity index (χ4n) is 1.89. The number of hydrogen-bond acceptors (Lipinski definition) is 3. The van der Waals surface area contributed by atoms with Crippen LogP contribution in [0.1, 0.15) is 48.5 Å². The number of unbranched alkanes of at least 4 members (excludes halogenated alkanes) is 3. The molecule has 0 atom stereocenters. The Morgan fingerprint density at radius 1 is 1.23 bits per heavy atom. The van der Waals surface area contributed by atoms with Gasteiger partial charge in [-0.3, -0.25) is 4.79 Å². The van der Waals surface area contributed by atoms with E-state index in [9.17, 15) is 9.59 Å². The van der Waals surface area contributed by atoms with E-state index in [0.717, 1.165) is 25.7 Å². The molecule has 1 amide bonds. The van der Waals surface area contributed by atoms with Crippen molar-refractivity contribution in [2.45, 2.75) is 32.6 Å². The van der Waals surface area contributed by atoms with Gasteiger partial charge >= 0.3 is 5.97 Å². The Bertz CT molecular complexity index is 583. The first-order valence-corrected chi connectivity index (χ1v) is 7.31. The molecule has 0 aliphatic carbocycles. The van der Waals surface area contributed by atoms with Gasteiger partial charge in [-0.2, -0.15) is 5.26 Å². The van der Waals surface area contributed by atoms with Crippen LogP contribution in [0.5, 0.6) is 0 Å². The van der Waals surface area contributed by atoms with E-state index in [1.807, 2.05) is 6.07 Å². The van der Waals surface area contributed by atoms with E-state index >= 15 is 0 Å². The molecular weight excluding hydrogens is 280 g/mol. The number of carboxylic acids is 1. The number of carbonyl (C=O) groups excluding carboxylic acids is 1. The third-order valence-corrected chi connectivity index (χ3v) is 3.15. The highest BCUT2D eigenvalue weighted by Crippen LogP contribution is 2.09. The molecule has 0 aromatic heterocycles. The van der Waals surface area contributed by atoms with Crippen LogP contribution in [0.15, 0.2) is 29.8 Å². The number of aromatic carboxylic acids is 1. The van der Waals surface area contributed by atoms with Crippen LogP contribution in [0.2, 0.25) is 0 Å². The zero-order valence-corrected chi connectivity index (χ0v) is 12.6. The first-order chi connectivity index (χ1) is 10.6. The Morgan fingerprint density at radius 3 is 2.45 bits per heavy atom. The van der Waals surface area contributed by atoms with Gasteiger partial charge < -0.3 is 10.4 Å². The second-order valence-corrected chi connectivity index (χ2v) is 4.91. The Labute approximate surface area is 130 Å². The van der Waals surface area contributed by atoms with Crippen LogP contribution >= 0.6 is 0 Å². The average molecular weight is 300 g/mol. The van der Waals surface area contributed by atoms with Crippen molar-refractivity contribution in [1.82, 2.24) is 5.32 Å². The first kappa shape index (κ1) is 17.4. The van der Waals surface area contributed by atoms with E-state index in [2.05, 4.69) is 12.2 Å². The number of nitrogens with one attached hydrogen (secondary N) is 1. The van der Waals surface area contributed by atoms with Gasteiger partial charge in [-0.1, -0.05) is 38.3 Å². The summed E-state index contributed by atoms with van der Waals surface area (Å²) >= 11 is 0. The van der Waals surface area contributed by atoms with Crippen LogP contribution in [0, 0.1) is 11.3 Å². The normalized spacial score (nSPS) is 10.8. The van der Waals surface area contributed by atoms with Crippen molar-refractivity contribution in [2.24, 2.45) is 0 Å². The molecule has 1 rings (SSSR count). The lowest BCUT2D eigenvalue weighted by atomic mass is 10.1. The molecule has 0 bridgehead atoms. The molecule has 0 spiro atoms. The summed E-state index contributed by atoms with van der Waals surface area (Å²) in [5.74, 6) is -1.41. The van der Waals surface area contributed by atoms with Crippen molar-refractivity contribution in [3.8, 4) is 6.07 Å². The van der Waals surface area contributed by atoms with Crippen LogP contribution < -0.4 is 5.32 Å². The molecule has 0 aliphatic heterocycles. The summed E-state index contributed by atoms with van der Waals surface area (Å²) in [7, 11) is 0. The van der Waals surface area contributed by atoms with E-state index in [0.29, 0.717) is 12.1 Å². The van der Waals surface area contributed by atoms with E-state index in [1.54, 1.807) is 12.1 Å². The summed E-state index contributed by atoms with van der Waals surface area (Å²) in [6, 6.07) is 7.87. The van der Waals surface area contributed by atoms with Crippen LogP contribution in [-0.4, -0.2) is 23.5 Å². The zero-order chi connectivity index (χ0) is 16.4. The number of carbonyl (C=O) groups is 2. The van der Waals surface area contributed by atoms with Gasteiger partial charge in [-0.15, -0.1) is 0 Å². The molecule has 0 aliphatic rings. The first-order valence-electron chi connectivity index (χ1n) is 7.31. The minimum absolute atomic E-state index is 0.0126. The molecular formula is C17H20N2O3. The largest absolute Gasteiger partial charge is 0.478 e. The lowest BCUT2D eigenvalue weighted by molar-refractivity contribution is -0.117. The molecule has 1 aromatic rings. The molecule has 5 heteroatoms. The van der Waals surface area contributed by atoms with E-state index in [-0.39, 0.29) is 11.1 Å². The second-order valence-electron chi connectivity index (χ2n) is 4.91. The van der Waals surface area contributed by atoms with Crippen LogP contribution in [0.3, 0.4) is 0 Å². The lowest BCUT2D eigenvalue weighted by Crippen LogP contribution is -2.25. The lowest BCUT2D eigenvalue weighted by Gasteiger charge is -2.04. The number of benzene rings is 1. The highest BCUT2D eigenvalue weighted by atomic mass is 16.4. The van der Waals surface area contributed by atoms with Gasteiger partial charge in [-0.25, -0.2) is 4.79 Å². The summed E-state index contributed by atoms with van der Waals surface area (Å²) < 4.78 is 0. The monoisotopic (exact) mass is 300 g/mol. The predicted octanol–water partition coefficient (Wildman–Crippen LogP) is 2.99. The van der Waals surface area contributed by atoms with E-state index in [1.165, 1.54) is 18.2 Å². The molecule has 116 valence electrons. The van der Waals surface area contributed by atoms with Gasteiger partial charge in [0.05, 0.1) is 5.56 Å². The van der Waals surface area contributed by atoms with Crippen molar-refractivity contribution < 1.29 is 14.7 Å². The Balaban J connectivity index is 2.64. The summed E-state index contributed by atoms with van der Waals surface area (Å²) in [5.41, 5.74) is 0.789. The molecule has 1 aromatic carbocycles. The number of nitriles is 1. The molecule has 0 fully saturated rings. The van der Waals surface area contributed by atoms with Crippen molar-refractivity contribution in [1.29, 1.82) is 5.26 Å². The summed E-state index contributed by atoms with van der Waals surface area (Å²) in [6.45, 7) is 2.67. The number of amides is 1. The third kappa shape index (κ3) is 5.80. The average Bonchev–Trinajstić information content (AvgIpc) is 2.52. The number of rotatable bonds is 8. The topological polar surface area (TPSA) is 90.2 Å². The number of carboxylic acid groups (broad SMARTS) is 1. The molecule has 0 saturated heterocycles. The number of nitrogens with zero attached hydrogens (tertiary/aromatic N) is 1. The second kappa shape index (κ2) is 9.35. The molecule has 0 heterocycles. The zero-order valence-electron chi connectivity index (χ0n) is 12.6. The third-order valence-electron chi connectivity index (χ3n) is 3.15. The van der Waals surface area contributed by atoms with Crippen molar-refractivity contribution in [3.05, 3.63) is 41.0 Å². The minimum Gasteiger partial charge on any atom is -0.478 e. The van der Waals surface area contributed by atoms with Crippen molar-refractivity contribution in [2.75, 3.05) is 6.54 Å². The molecule has 2 N–H and O–H groups in total. The fourth-order valence-corrected chi connectivity index (χ4v) is 1.89. The highest BCUT2D eigenvalue weighted by molar-refractivity contribution is 6.01. The van der Waals surface area contributed by atoms with Crippen LogP contribution in [0.4, 0.5) is 0 Å². The van der Waals surface area contributed by atoms with Gasteiger partial charge in [0.25, 0.3) is 5.91 Å². The molecule has 5 nitrogen and oxygen atoms in total. The number of hydrogen-bond donors (Lipinski definition) is 2. The molecule has 0 saturated carbocycles. The van der Waals surface area contributed by atoms with Gasteiger partial charge in [0, 0.05) is 6.54 Å². The summed E-state index contributed by atoms with van der Waals surface area (Å²) in [5, 5.41) is 20.6. The Hall–Kier alpha value is -2.61. The quantitative estimate of drug-likeness (QED) is 0.438. The summed E-state index contributed by atoms with van der Waals surface area (Å²) in [4.78, 5) is 22.7. The van der Waals surface area contributed by atoms with E-state index < -0.39 is 11.9 Å². The van der Waals surface area contributed by atoms with Gasteiger partial charge in [0.15, 0.2) is 0 Å². The Kier molecular flexibility index (Phi) is 7.41. The van der Waals surface area contributed by atoms with Gasteiger partial charge in [-0.05, 0) is 30.2 Å². The van der Waals surface area contributed by atoms with E-state index in [4.69, 9.17) is 10.4 Å².